The average Bonchev–Trinajstić information content (AvgIpc) is 2.50. The first-order chi connectivity index (χ1) is 7.20. The number of hydrogen-bond acceptors (Lipinski definition) is 3. The molecule has 1 aliphatic heterocycles. The van der Waals surface area contributed by atoms with Gasteiger partial charge in [0.05, 0.1) is 0 Å². The van der Waals surface area contributed by atoms with E-state index in [1.807, 2.05) is 6.92 Å². The molecule has 0 saturated carbocycles. The third kappa shape index (κ3) is 2.92. The molecular formula is C10H18N2O3. The van der Waals surface area contributed by atoms with Gasteiger partial charge in [0.2, 0.25) is 0 Å². The molecule has 5 nitrogen and oxygen atoms in total. The first-order valence-corrected chi connectivity index (χ1v) is 5.31. The minimum absolute atomic E-state index is 0.0973. The quantitative estimate of drug-likeness (QED) is 0.524. The number of carbonyl (C=O) groups excluding carboxylic acids is 2. The van der Waals surface area contributed by atoms with Gasteiger partial charge in [-0.2, -0.15) is 0 Å². The predicted octanol–water partition coefficient (Wildman–Crippen LogP) is 0.743. The van der Waals surface area contributed by atoms with E-state index < -0.39 is 0 Å². The fourth-order valence-electron chi connectivity index (χ4n) is 1.58. The molecule has 1 fully saturated rings. The molecule has 1 N–H and O–H groups in total. The molecule has 0 spiro atoms. The molecule has 5 heteroatoms. The van der Waals surface area contributed by atoms with E-state index in [2.05, 4.69) is 5.32 Å². The number of rotatable bonds is 6. The number of ether oxygens (including phenoxy) is 1. The van der Waals surface area contributed by atoms with Crippen molar-refractivity contribution in [3.05, 3.63) is 0 Å². The number of unbranched alkanes of at least 4 members (excludes halogenated alkanes) is 1. The summed E-state index contributed by atoms with van der Waals surface area (Å²) in [5.74, 6) is -0.0973. The number of hydrogen-bond donors (Lipinski definition) is 1. The lowest BCUT2D eigenvalue weighted by Crippen LogP contribution is -2.32. The lowest BCUT2D eigenvalue weighted by molar-refractivity contribution is -0.127. The van der Waals surface area contributed by atoms with Crippen LogP contribution in [0.25, 0.3) is 0 Å². The van der Waals surface area contributed by atoms with Crippen LogP contribution >= 0.6 is 0 Å². The SMILES string of the molecule is CCC1NC(=O)N(CCCCOC)C1=O. The smallest absolute Gasteiger partial charge is 0.324 e. The van der Waals surface area contributed by atoms with Gasteiger partial charge in [-0.25, -0.2) is 4.79 Å². The Morgan fingerprint density at radius 1 is 1.40 bits per heavy atom. The maximum Gasteiger partial charge on any atom is 0.324 e. The van der Waals surface area contributed by atoms with Crippen molar-refractivity contribution in [2.45, 2.75) is 32.2 Å². The largest absolute Gasteiger partial charge is 0.385 e. The number of carbonyl (C=O) groups is 2. The third-order valence-electron chi connectivity index (χ3n) is 2.50. The van der Waals surface area contributed by atoms with Crippen molar-refractivity contribution in [1.82, 2.24) is 10.2 Å². The topological polar surface area (TPSA) is 58.6 Å². The van der Waals surface area contributed by atoms with Crippen LogP contribution in [0.1, 0.15) is 26.2 Å². The fraction of sp³-hybridized carbons (Fsp3) is 0.800. The van der Waals surface area contributed by atoms with Crippen LogP contribution in [-0.4, -0.2) is 43.1 Å². The Morgan fingerprint density at radius 2 is 2.13 bits per heavy atom. The van der Waals surface area contributed by atoms with E-state index in [1.165, 1.54) is 4.90 Å². The summed E-state index contributed by atoms with van der Waals surface area (Å²) >= 11 is 0. The van der Waals surface area contributed by atoms with Crippen LogP contribution in [0.3, 0.4) is 0 Å². The van der Waals surface area contributed by atoms with Crippen LogP contribution < -0.4 is 5.32 Å². The molecule has 1 unspecified atom stereocenters. The first-order valence-electron chi connectivity index (χ1n) is 5.31. The summed E-state index contributed by atoms with van der Waals surface area (Å²) < 4.78 is 4.90. The van der Waals surface area contributed by atoms with Gasteiger partial charge in [0.1, 0.15) is 6.04 Å². The highest BCUT2D eigenvalue weighted by Crippen LogP contribution is 2.10. The van der Waals surface area contributed by atoms with Crippen LogP contribution in [-0.2, 0) is 9.53 Å². The van der Waals surface area contributed by atoms with Crippen LogP contribution in [0.5, 0.6) is 0 Å². The van der Waals surface area contributed by atoms with Crippen molar-refractivity contribution in [3.63, 3.8) is 0 Å². The molecule has 0 bridgehead atoms. The Hall–Kier alpha value is -1.10. The Labute approximate surface area is 89.8 Å². The summed E-state index contributed by atoms with van der Waals surface area (Å²) in [6, 6.07) is -0.579. The number of nitrogens with zero attached hydrogens (tertiary/aromatic N) is 1. The summed E-state index contributed by atoms with van der Waals surface area (Å²) in [7, 11) is 1.64. The first kappa shape index (κ1) is 12.0. The van der Waals surface area contributed by atoms with Crippen LogP contribution in [0.2, 0.25) is 0 Å². The number of methoxy groups -OCH3 is 1. The molecule has 1 atom stereocenters. The lowest BCUT2D eigenvalue weighted by Gasteiger charge is -2.12. The number of nitrogens with one attached hydrogen (secondary N) is 1. The summed E-state index contributed by atoms with van der Waals surface area (Å²) in [5, 5.41) is 2.65. The highest BCUT2D eigenvalue weighted by molar-refractivity contribution is 6.04. The third-order valence-corrected chi connectivity index (χ3v) is 2.50. The second-order valence-electron chi connectivity index (χ2n) is 3.60. The van der Waals surface area contributed by atoms with Crippen LogP contribution in [0.15, 0.2) is 0 Å². The second-order valence-corrected chi connectivity index (χ2v) is 3.60. The maximum absolute atomic E-state index is 11.6. The summed E-state index contributed by atoms with van der Waals surface area (Å²) in [4.78, 5) is 24.3. The maximum atomic E-state index is 11.6. The minimum atomic E-state index is -0.320. The Kier molecular flexibility index (Phi) is 4.55. The van der Waals surface area contributed by atoms with Gasteiger partial charge in [-0.15, -0.1) is 0 Å². The Bertz CT molecular complexity index is 243. The van der Waals surface area contributed by atoms with Crippen molar-refractivity contribution in [1.29, 1.82) is 0 Å². The highest BCUT2D eigenvalue weighted by atomic mass is 16.5. The summed E-state index contributed by atoms with van der Waals surface area (Å²) in [5.41, 5.74) is 0. The number of imide groups is 1. The minimum Gasteiger partial charge on any atom is -0.385 e. The summed E-state index contributed by atoms with van der Waals surface area (Å²) in [6.07, 6.45) is 2.31. The van der Waals surface area contributed by atoms with Crippen molar-refractivity contribution < 1.29 is 14.3 Å². The molecule has 0 aromatic carbocycles. The van der Waals surface area contributed by atoms with Gasteiger partial charge < -0.3 is 10.1 Å². The average molecular weight is 214 g/mol. The molecular weight excluding hydrogens is 196 g/mol. The number of urea groups is 1. The van der Waals surface area contributed by atoms with E-state index in [1.54, 1.807) is 7.11 Å². The molecule has 0 aliphatic carbocycles. The van der Waals surface area contributed by atoms with E-state index in [0.717, 1.165) is 12.8 Å². The zero-order valence-corrected chi connectivity index (χ0v) is 9.28. The fourth-order valence-corrected chi connectivity index (χ4v) is 1.58. The van der Waals surface area contributed by atoms with E-state index in [-0.39, 0.29) is 18.0 Å². The van der Waals surface area contributed by atoms with Gasteiger partial charge >= 0.3 is 6.03 Å². The van der Waals surface area contributed by atoms with Gasteiger partial charge in [0.15, 0.2) is 0 Å². The van der Waals surface area contributed by atoms with Crippen molar-refractivity contribution >= 4 is 11.9 Å². The normalized spacial score (nSPS) is 20.9. The zero-order chi connectivity index (χ0) is 11.3. The zero-order valence-electron chi connectivity index (χ0n) is 9.28. The van der Waals surface area contributed by atoms with Gasteiger partial charge in [-0.05, 0) is 19.3 Å². The Morgan fingerprint density at radius 3 is 2.67 bits per heavy atom. The van der Waals surface area contributed by atoms with Crippen LogP contribution in [0.4, 0.5) is 4.79 Å². The standard InChI is InChI=1S/C10H18N2O3/c1-3-8-9(13)12(10(14)11-8)6-4-5-7-15-2/h8H,3-7H2,1-2H3,(H,11,14). The van der Waals surface area contributed by atoms with Crippen molar-refractivity contribution in [2.75, 3.05) is 20.3 Å². The van der Waals surface area contributed by atoms with Crippen molar-refractivity contribution in [2.24, 2.45) is 0 Å². The van der Waals surface area contributed by atoms with Crippen molar-refractivity contribution in [3.8, 4) is 0 Å². The molecule has 86 valence electrons. The summed E-state index contributed by atoms with van der Waals surface area (Å²) in [6.45, 7) is 3.04. The highest BCUT2D eigenvalue weighted by Gasteiger charge is 2.35. The van der Waals surface area contributed by atoms with E-state index in [9.17, 15) is 9.59 Å². The Balaban J connectivity index is 2.34. The molecule has 1 heterocycles. The molecule has 0 aromatic heterocycles. The molecule has 1 saturated heterocycles. The van der Waals surface area contributed by atoms with Gasteiger partial charge in [0.25, 0.3) is 5.91 Å². The second kappa shape index (κ2) is 5.70. The lowest BCUT2D eigenvalue weighted by atomic mass is 10.2. The molecule has 1 aliphatic rings. The molecule has 1 rings (SSSR count). The monoisotopic (exact) mass is 214 g/mol. The van der Waals surface area contributed by atoms with Crippen LogP contribution in [0, 0.1) is 0 Å². The van der Waals surface area contributed by atoms with Gasteiger partial charge in [-0.3, -0.25) is 9.69 Å². The van der Waals surface area contributed by atoms with E-state index >= 15 is 0 Å². The number of amides is 3. The molecule has 15 heavy (non-hydrogen) atoms. The molecule has 0 aromatic rings. The predicted molar refractivity (Wildman–Crippen MR) is 55.4 cm³/mol. The van der Waals surface area contributed by atoms with E-state index in [4.69, 9.17) is 4.74 Å². The molecule has 3 amide bonds. The van der Waals surface area contributed by atoms with Gasteiger partial charge in [-0.1, -0.05) is 6.92 Å². The van der Waals surface area contributed by atoms with Gasteiger partial charge in [0, 0.05) is 20.3 Å². The van der Waals surface area contributed by atoms with E-state index in [0.29, 0.717) is 19.6 Å². The molecule has 0 radical (unpaired) electrons.